The number of rotatable bonds is 9. The van der Waals surface area contributed by atoms with Gasteiger partial charge in [0.1, 0.15) is 6.61 Å². The predicted molar refractivity (Wildman–Crippen MR) is 127 cm³/mol. The van der Waals surface area contributed by atoms with Crippen LogP contribution in [0.25, 0.3) is 0 Å². The van der Waals surface area contributed by atoms with Crippen molar-refractivity contribution in [2.24, 2.45) is 4.99 Å². The predicted octanol–water partition coefficient (Wildman–Crippen LogP) is 4.83. The first kappa shape index (κ1) is 27.5. The maximum atomic E-state index is 12.1. The quantitative estimate of drug-likeness (QED) is 0.229. The highest BCUT2D eigenvalue weighted by Crippen LogP contribution is 2.21. The van der Waals surface area contributed by atoms with Crippen LogP contribution in [0.5, 0.6) is 0 Å². The Morgan fingerprint density at radius 2 is 1.74 bits per heavy atom. The zero-order chi connectivity index (χ0) is 22.0. The van der Waals surface area contributed by atoms with Crippen molar-refractivity contribution in [3.05, 3.63) is 70.2 Å². The van der Waals surface area contributed by atoms with E-state index in [0.29, 0.717) is 35.2 Å². The van der Waals surface area contributed by atoms with Gasteiger partial charge in [-0.05, 0) is 24.1 Å². The van der Waals surface area contributed by atoms with Crippen molar-refractivity contribution in [1.82, 2.24) is 10.6 Å². The average Bonchev–Trinajstić information content (AvgIpc) is 2.70. The van der Waals surface area contributed by atoms with Crippen molar-refractivity contribution in [2.45, 2.75) is 32.4 Å². The Hall–Kier alpha value is -1.56. The van der Waals surface area contributed by atoms with Gasteiger partial charge in [-0.25, -0.2) is 4.99 Å². The van der Waals surface area contributed by atoms with Crippen LogP contribution in [-0.4, -0.2) is 36.9 Å². The molecule has 0 bridgehead atoms. The van der Waals surface area contributed by atoms with Crippen molar-refractivity contribution in [3.8, 4) is 0 Å². The van der Waals surface area contributed by atoms with E-state index in [1.807, 2.05) is 13.0 Å². The number of aliphatic hydroxyl groups is 1. The summed E-state index contributed by atoms with van der Waals surface area (Å²) in [6.45, 7) is 1.79. The number of nitrogens with one attached hydrogen (secondary N) is 2. The van der Waals surface area contributed by atoms with Crippen LogP contribution in [-0.2, 0) is 17.9 Å². The summed E-state index contributed by atoms with van der Waals surface area (Å²) < 4.78 is 41.0. The molecule has 0 radical (unpaired) electrons. The fourth-order valence-corrected chi connectivity index (χ4v) is 2.85. The Balaban J connectivity index is 0.00000480. The summed E-state index contributed by atoms with van der Waals surface area (Å²) in [7, 11) is 0. The molecule has 1 atom stereocenters. The second-order valence-electron chi connectivity index (χ2n) is 6.54. The molecule has 0 heterocycles. The lowest BCUT2D eigenvalue weighted by Gasteiger charge is -2.16. The fourth-order valence-electron chi connectivity index (χ4n) is 2.59. The van der Waals surface area contributed by atoms with Crippen LogP contribution >= 0.6 is 35.6 Å². The molecular weight excluding hydrogens is 546 g/mol. The SMILES string of the molecule is CCNC(=NCc1ccc(COCC(F)(F)F)cc1)NCC(O)c1ccccc1Cl.I. The fraction of sp³-hybridized carbons (Fsp3) is 0.381. The maximum Gasteiger partial charge on any atom is 0.411 e. The van der Waals surface area contributed by atoms with Gasteiger partial charge in [-0.3, -0.25) is 0 Å². The number of aliphatic imine (C=N–C) groups is 1. The lowest BCUT2D eigenvalue weighted by atomic mass is 10.1. The Morgan fingerprint density at radius 3 is 2.35 bits per heavy atom. The third-order valence-electron chi connectivity index (χ3n) is 4.05. The molecule has 0 aliphatic heterocycles. The summed E-state index contributed by atoms with van der Waals surface area (Å²) in [4.78, 5) is 4.47. The third-order valence-corrected chi connectivity index (χ3v) is 4.39. The molecule has 0 saturated carbocycles. The van der Waals surface area contributed by atoms with Crippen molar-refractivity contribution >= 4 is 41.5 Å². The molecule has 2 aromatic carbocycles. The van der Waals surface area contributed by atoms with E-state index in [4.69, 9.17) is 11.6 Å². The minimum Gasteiger partial charge on any atom is -0.387 e. The molecule has 2 aromatic rings. The highest BCUT2D eigenvalue weighted by atomic mass is 127. The lowest BCUT2D eigenvalue weighted by molar-refractivity contribution is -0.176. The van der Waals surface area contributed by atoms with Gasteiger partial charge in [0.2, 0.25) is 0 Å². The molecule has 0 aromatic heterocycles. The van der Waals surface area contributed by atoms with Crippen molar-refractivity contribution in [2.75, 3.05) is 19.7 Å². The van der Waals surface area contributed by atoms with Crippen molar-refractivity contribution < 1.29 is 23.0 Å². The van der Waals surface area contributed by atoms with Gasteiger partial charge in [0, 0.05) is 23.7 Å². The molecule has 3 N–H and O–H groups in total. The number of hydrogen-bond acceptors (Lipinski definition) is 3. The van der Waals surface area contributed by atoms with Gasteiger partial charge in [-0.1, -0.05) is 54.1 Å². The van der Waals surface area contributed by atoms with Crippen LogP contribution in [0.4, 0.5) is 13.2 Å². The van der Waals surface area contributed by atoms with E-state index in [9.17, 15) is 18.3 Å². The number of alkyl halides is 3. The van der Waals surface area contributed by atoms with Gasteiger partial charge in [-0.2, -0.15) is 13.2 Å². The first-order chi connectivity index (χ1) is 14.3. The van der Waals surface area contributed by atoms with Crippen LogP contribution in [0.3, 0.4) is 0 Å². The first-order valence-electron chi connectivity index (χ1n) is 9.45. The van der Waals surface area contributed by atoms with Gasteiger partial charge in [-0.15, -0.1) is 24.0 Å². The normalized spacial score (nSPS) is 12.8. The number of benzene rings is 2. The third kappa shape index (κ3) is 10.5. The molecule has 5 nitrogen and oxygen atoms in total. The van der Waals surface area contributed by atoms with E-state index >= 15 is 0 Å². The van der Waals surface area contributed by atoms with Gasteiger partial charge in [0.15, 0.2) is 5.96 Å². The van der Waals surface area contributed by atoms with Crippen LogP contribution in [0.2, 0.25) is 5.02 Å². The molecule has 0 aliphatic carbocycles. The summed E-state index contributed by atoms with van der Waals surface area (Å²) in [5.41, 5.74) is 2.17. The Bertz CT molecular complexity index is 820. The molecular formula is C21H26ClF3IN3O2. The Kier molecular flexibility index (Phi) is 12.2. The Labute approximate surface area is 202 Å². The minimum absolute atomic E-state index is 0. The zero-order valence-corrected chi connectivity index (χ0v) is 20.0. The molecule has 0 saturated heterocycles. The van der Waals surface area contributed by atoms with E-state index in [1.165, 1.54) is 0 Å². The van der Waals surface area contributed by atoms with Gasteiger partial charge < -0.3 is 20.5 Å². The second kappa shape index (κ2) is 13.8. The zero-order valence-electron chi connectivity index (χ0n) is 17.0. The van der Waals surface area contributed by atoms with Crippen molar-refractivity contribution in [1.29, 1.82) is 0 Å². The number of aliphatic hydroxyl groups excluding tert-OH is 1. The highest BCUT2D eigenvalue weighted by molar-refractivity contribution is 14.0. The van der Waals surface area contributed by atoms with E-state index in [0.717, 1.165) is 5.56 Å². The van der Waals surface area contributed by atoms with Crippen LogP contribution in [0, 0.1) is 0 Å². The smallest absolute Gasteiger partial charge is 0.387 e. The number of nitrogens with zero attached hydrogens (tertiary/aromatic N) is 1. The molecule has 2 rings (SSSR count). The molecule has 1 unspecified atom stereocenters. The monoisotopic (exact) mass is 571 g/mol. The molecule has 31 heavy (non-hydrogen) atoms. The highest BCUT2D eigenvalue weighted by Gasteiger charge is 2.27. The average molecular weight is 572 g/mol. The molecule has 172 valence electrons. The molecule has 10 heteroatoms. The maximum absolute atomic E-state index is 12.1. The van der Waals surface area contributed by atoms with Crippen LogP contribution < -0.4 is 10.6 Å². The Morgan fingerprint density at radius 1 is 1.10 bits per heavy atom. The van der Waals surface area contributed by atoms with Crippen molar-refractivity contribution in [3.63, 3.8) is 0 Å². The van der Waals surface area contributed by atoms with Gasteiger partial charge in [0.05, 0.1) is 19.3 Å². The summed E-state index contributed by atoms with van der Waals surface area (Å²) in [6, 6.07) is 14.1. The first-order valence-corrected chi connectivity index (χ1v) is 9.83. The van der Waals surface area contributed by atoms with E-state index < -0.39 is 18.9 Å². The molecule has 0 amide bonds. The van der Waals surface area contributed by atoms with E-state index in [1.54, 1.807) is 42.5 Å². The molecule has 0 aliphatic rings. The van der Waals surface area contributed by atoms with Gasteiger partial charge >= 0.3 is 6.18 Å². The van der Waals surface area contributed by atoms with E-state index in [-0.39, 0.29) is 37.1 Å². The standard InChI is InChI=1S/C21H25ClF3N3O2.HI/c1-2-26-20(28-12-19(29)17-5-3-4-6-18(17)22)27-11-15-7-9-16(10-8-15)13-30-14-21(23,24)25;/h3-10,19,29H,2,11-14H2,1H3,(H2,26,27,28);1H. The topological polar surface area (TPSA) is 65.9 Å². The van der Waals surface area contributed by atoms with E-state index in [2.05, 4.69) is 20.4 Å². The minimum atomic E-state index is -4.33. The molecule has 0 spiro atoms. The lowest BCUT2D eigenvalue weighted by Crippen LogP contribution is -2.39. The summed E-state index contributed by atoms with van der Waals surface area (Å²) >= 11 is 6.11. The summed E-state index contributed by atoms with van der Waals surface area (Å²) in [6.07, 6.45) is -5.12. The summed E-state index contributed by atoms with van der Waals surface area (Å²) in [5.74, 6) is 0.529. The number of guanidine groups is 1. The largest absolute Gasteiger partial charge is 0.411 e. The number of ether oxygens (including phenoxy) is 1. The molecule has 0 fully saturated rings. The summed E-state index contributed by atoms with van der Waals surface area (Å²) in [5, 5.41) is 17.0. The number of hydrogen-bond donors (Lipinski definition) is 3. The number of halogens is 5. The van der Waals surface area contributed by atoms with Gasteiger partial charge in [0.25, 0.3) is 0 Å². The second-order valence-corrected chi connectivity index (χ2v) is 6.95. The van der Waals surface area contributed by atoms with Crippen LogP contribution in [0.15, 0.2) is 53.5 Å². The van der Waals surface area contributed by atoms with Crippen LogP contribution in [0.1, 0.15) is 29.7 Å².